The smallest absolute Gasteiger partial charge is 0.340 e. The van der Waals surface area contributed by atoms with Crippen LogP contribution in [0.25, 0.3) is 0 Å². The number of hydrogen-bond donors (Lipinski definition) is 0. The molecule has 0 amide bonds. The summed E-state index contributed by atoms with van der Waals surface area (Å²) >= 11 is 0. The number of rotatable bonds is 5. The third-order valence-electron chi connectivity index (χ3n) is 5.32. The van der Waals surface area contributed by atoms with Crippen molar-refractivity contribution in [3.8, 4) is 6.07 Å². The Kier molecular flexibility index (Phi) is 4.94. The second-order valence-electron chi connectivity index (χ2n) is 7.10. The minimum absolute atomic E-state index is 0.0306. The molecule has 1 saturated carbocycles. The van der Waals surface area contributed by atoms with Crippen LogP contribution in [0.4, 0.5) is 0 Å². The maximum Gasteiger partial charge on any atom is 0.340 e. The predicted octanol–water partition coefficient (Wildman–Crippen LogP) is 2.15. The molecule has 0 bridgehead atoms. The second-order valence-corrected chi connectivity index (χ2v) is 7.10. The van der Waals surface area contributed by atoms with Crippen molar-refractivity contribution in [2.75, 3.05) is 7.11 Å². The van der Waals surface area contributed by atoms with E-state index in [-0.39, 0.29) is 29.3 Å². The van der Waals surface area contributed by atoms with Crippen LogP contribution in [0.2, 0.25) is 0 Å². The number of carbonyl (C=O) groups is 2. The van der Waals surface area contributed by atoms with Crippen LogP contribution in [0, 0.1) is 39.0 Å². The first-order valence-electron chi connectivity index (χ1n) is 9.04. The Morgan fingerprint density at radius 2 is 1.79 bits per heavy atom. The van der Waals surface area contributed by atoms with Gasteiger partial charge in [-0.15, -0.1) is 0 Å². The third kappa shape index (κ3) is 3.03. The molecule has 2 heterocycles. The molecule has 1 fully saturated rings. The van der Waals surface area contributed by atoms with Crippen molar-refractivity contribution in [3.63, 3.8) is 0 Å². The Morgan fingerprint density at radius 3 is 2.32 bits per heavy atom. The number of nitriles is 1. The standard InChI is InChI=1S/C20H22N4O4/c1-10-11(2)22-23(19(26)15(10)8-21)9-16(25)17-12(3)24(14-6-7-14)13(4)18(17)20(27)28-5/h14H,6-7,9H2,1-5H3. The van der Waals surface area contributed by atoms with E-state index in [9.17, 15) is 19.6 Å². The fraction of sp³-hybridized carbons (Fsp3) is 0.450. The van der Waals surface area contributed by atoms with Gasteiger partial charge >= 0.3 is 5.97 Å². The number of hydrogen-bond acceptors (Lipinski definition) is 6. The lowest BCUT2D eigenvalue weighted by molar-refractivity contribution is 0.0596. The quantitative estimate of drug-likeness (QED) is 0.579. The Morgan fingerprint density at radius 1 is 1.18 bits per heavy atom. The summed E-state index contributed by atoms with van der Waals surface area (Å²) in [6.07, 6.45) is 1.99. The van der Waals surface area contributed by atoms with Crippen LogP contribution >= 0.6 is 0 Å². The summed E-state index contributed by atoms with van der Waals surface area (Å²) in [5, 5.41) is 13.4. The SMILES string of the molecule is COC(=O)c1c(C(=O)Cn2nc(C)c(C)c(C#N)c2=O)c(C)n(C2CC2)c1C. The molecule has 0 spiro atoms. The Hall–Kier alpha value is -3.21. The van der Waals surface area contributed by atoms with Crippen molar-refractivity contribution in [3.05, 3.63) is 49.7 Å². The van der Waals surface area contributed by atoms with E-state index in [4.69, 9.17) is 4.74 Å². The molecule has 28 heavy (non-hydrogen) atoms. The zero-order chi connectivity index (χ0) is 20.7. The summed E-state index contributed by atoms with van der Waals surface area (Å²) in [6.45, 7) is 6.56. The molecule has 0 unspecified atom stereocenters. The molecular formula is C20H22N4O4. The van der Waals surface area contributed by atoms with Crippen molar-refractivity contribution in [1.82, 2.24) is 14.3 Å². The maximum atomic E-state index is 13.1. The van der Waals surface area contributed by atoms with E-state index in [1.54, 1.807) is 27.7 Å². The summed E-state index contributed by atoms with van der Waals surface area (Å²) in [5.74, 6) is -0.997. The topological polar surface area (TPSA) is 107 Å². The van der Waals surface area contributed by atoms with Gasteiger partial charge in [-0.3, -0.25) is 9.59 Å². The number of nitrogens with zero attached hydrogens (tertiary/aromatic N) is 4. The van der Waals surface area contributed by atoms with Crippen LogP contribution in [0.5, 0.6) is 0 Å². The molecule has 0 atom stereocenters. The fourth-order valence-electron chi connectivity index (χ4n) is 3.65. The number of aryl methyl sites for hydroxylation is 1. The molecule has 1 aliphatic carbocycles. The molecule has 0 radical (unpaired) electrons. The summed E-state index contributed by atoms with van der Waals surface area (Å²) < 4.78 is 7.88. The highest BCUT2D eigenvalue weighted by Gasteiger charge is 2.34. The van der Waals surface area contributed by atoms with Gasteiger partial charge in [0.1, 0.15) is 18.2 Å². The summed E-state index contributed by atoms with van der Waals surface area (Å²) in [6, 6.07) is 2.16. The average molecular weight is 382 g/mol. The highest BCUT2D eigenvalue weighted by atomic mass is 16.5. The summed E-state index contributed by atoms with van der Waals surface area (Å²) in [4.78, 5) is 38.0. The number of aromatic nitrogens is 3. The Balaban J connectivity index is 2.11. The number of ether oxygens (including phenoxy) is 1. The molecule has 146 valence electrons. The van der Waals surface area contributed by atoms with Crippen LogP contribution in [-0.4, -0.2) is 33.2 Å². The van der Waals surface area contributed by atoms with Gasteiger partial charge in [0.05, 0.1) is 23.9 Å². The van der Waals surface area contributed by atoms with Gasteiger partial charge in [0.2, 0.25) is 0 Å². The minimum Gasteiger partial charge on any atom is -0.465 e. The van der Waals surface area contributed by atoms with Crippen LogP contribution in [0.3, 0.4) is 0 Å². The molecule has 3 rings (SSSR count). The van der Waals surface area contributed by atoms with Gasteiger partial charge in [-0.25, -0.2) is 9.48 Å². The Labute approximate surface area is 162 Å². The average Bonchev–Trinajstić information content (AvgIpc) is 3.44. The first-order valence-corrected chi connectivity index (χ1v) is 9.04. The lowest BCUT2D eigenvalue weighted by Crippen LogP contribution is -2.31. The lowest BCUT2D eigenvalue weighted by Gasteiger charge is -2.10. The van der Waals surface area contributed by atoms with Crippen LogP contribution < -0.4 is 5.56 Å². The fourth-order valence-corrected chi connectivity index (χ4v) is 3.65. The van der Waals surface area contributed by atoms with Crippen LogP contribution in [-0.2, 0) is 11.3 Å². The first kappa shape index (κ1) is 19.5. The largest absolute Gasteiger partial charge is 0.465 e. The van der Waals surface area contributed by atoms with Crippen molar-refractivity contribution in [2.45, 2.75) is 53.1 Å². The normalized spacial score (nSPS) is 13.3. The van der Waals surface area contributed by atoms with E-state index in [2.05, 4.69) is 5.10 Å². The van der Waals surface area contributed by atoms with Crippen LogP contribution in [0.1, 0.15) is 67.8 Å². The molecule has 0 N–H and O–H groups in total. The van der Waals surface area contributed by atoms with E-state index < -0.39 is 17.3 Å². The molecule has 1 aliphatic rings. The highest BCUT2D eigenvalue weighted by Crippen LogP contribution is 2.40. The molecule has 0 aliphatic heterocycles. The van der Waals surface area contributed by atoms with Gasteiger partial charge in [0.15, 0.2) is 5.78 Å². The molecule has 8 nitrogen and oxygen atoms in total. The van der Waals surface area contributed by atoms with Gasteiger partial charge in [-0.1, -0.05) is 0 Å². The van der Waals surface area contributed by atoms with Gasteiger partial charge < -0.3 is 9.30 Å². The van der Waals surface area contributed by atoms with E-state index in [1.807, 2.05) is 10.6 Å². The number of esters is 1. The van der Waals surface area contributed by atoms with E-state index in [0.717, 1.165) is 17.5 Å². The van der Waals surface area contributed by atoms with E-state index in [0.29, 0.717) is 22.6 Å². The molecule has 0 aromatic carbocycles. The number of methoxy groups -OCH3 is 1. The number of Topliss-reactive ketones (excluding diaryl/α,β-unsaturated/α-hetero) is 1. The van der Waals surface area contributed by atoms with Gasteiger partial charge in [0, 0.05) is 17.4 Å². The van der Waals surface area contributed by atoms with Gasteiger partial charge in [0.25, 0.3) is 5.56 Å². The van der Waals surface area contributed by atoms with E-state index in [1.165, 1.54) is 7.11 Å². The monoisotopic (exact) mass is 382 g/mol. The lowest BCUT2D eigenvalue weighted by atomic mass is 10.0. The van der Waals surface area contributed by atoms with Crippen LogP contribution in [0.15, 0.2) is 4.79 Å². The zero-order valence-corrected chi connectivity index (χ0v) is 16.6. The molecule has 8 heteroatoms. The van der Waals surface area contributed by atoms with Gasteiger partial charge in [-0.2, -0.15) is 10.4 Å². The van der Waals surface area contributed by atoms with Gasteiger partial charge in [-0.05, 0) is 46.1 Å². The predicted molar refractivity (Wildman–Crippen MR) is 101 cm³/mol. The van der Waals surface area contributed by atoms with Crippen molar-refractivity contribution >= 4 is 11.8 Å². The first-order chi connectivity index (χ1) is 13.2. The Bertz CT molecular complexity index is 1100. The second kappa shape index (κ2) is 7.08. The zero-order valence-electron chi connectivity index (χ0n) is 16.6. The summed E-state index contributed by atoms with van der Waals surface area (Å²) in [5.41, 5.74) is 2.21. The van der Waals surface area contributed by atoms with Crippen molar-refractivity contribution in [2.24, 2.45) is 0 Å². The number of ketones is 1. The molecule has 2 aromatic rings. The summed E-state index contributed by atoms with van der Waals surface area (Å²) in [7, 11) is 1.27. The van der Waals surface area contributed by atoms with Crippen molar-refractivity contribution in [1.29, 1.82) is 5.26 Å². The molecular weight excluding hydrogens is 360 g/mol. The third-order valence-corrected chi connectivity index (χ3v) is 5.32. The molecule has 0 saturated heterocycles. The minimum atomic E-state index is -0.616. The van der Waals surface area contributed by atoms with Crippen molar-refractivity contribution < 1.29 is 14.3 Å². The molecule has 2 aromatic heterocycles. The van der Waals surface area contributed by atoms with E-state index >= 15 is 0 Å². The maximum absolute atomic E-state index is 13.1. The highest BCUT2D eigenvalue weighted by molar-refractivity contribution is 6.08. The number of carbonyl (C=O) groups excluding carboxylic acids is 2.